The van der Waals surface area contributed by atoms with Crippen molar-refractivity contribution in [3.63, 3.8) is 0 Å². The van der Waals surface area contributed by atoms with E-state index in [-0.39, 0.29) is 0 Å². The Kier molecular flexibility index (Phi) is 4.24. The number of aromatic nitrogens is 2. The Morgan fingerprint density at radius 3 is 2.69 bits per heavy atom. The molecule has 132 valence electrons. The lowest BCUT2D eigenvalue weighted by Crippen LogP contribution is -2.25. The number of hydrogen-bond acceptors (Lipinski definition) is 4. The van der Waals surface area contributed by atoms with Gasteiger partial charge in [0.05, 0.1) is 0 Å². The maximum atomic E-state index is 13.4. The lowest BCUT2D eigenvalue weighted by molar-refractivity contribution is 0.509. The van der Waals surface area contributed by atoms with Crippen molar-refractivity contribution in [2.75, 3.05) is 16.8 Å². The topological polar surface area (TPSA) is 41.1 Å². The van der Waals surface area contributed by atoms with Crippen LogP contribution >= 0.6 is 0 Å². The number of anilines is 4. The zero-order valence-electron chi connectivity index (χ0n) is 14.3. The second kappa shape index (κ2) is 6.71. The molecule has 1 N–H and O–H groups in total. The van der Waals surface area contributed by atoms with E-state index in [2.05, 4.69) is 32.3 Å². The SMILES string of the molecule is Cc1cc(N2CCCc3ccccc32)nc(Nc2ccc(F)c(F)c2)n1. The number of rotatable bonds is 3. The Bertz CT molecular complexity index is 958. The van der Waals surface area contributed by atoms with Crippen LogP contribution in [0.2, 0.25) is 0 Å². The summed E-state index contributed by atoms with van der Waals surface area (Å²) in [7, 11) is 0. The van der Waals surface area contributed by atoms with Crippen molar-refractivity contribution < 1.29 is 8.78 Å². The summed E-state index contributed by atoms with van der Waals surface area (Å²) < 4.78 is 26.5. The molecule has 4 nitrogen and oxygen atoms in total. The monoisotopic (exact) mass is 352 g/mol. The van der Waals surface area contributed by atoms with Gasteiger partial charge in [0, 0.05) is 35.7 Å². The van der Waals surface area contributed by atoms with Crippen LogP contribution in [0.4, 0.5) is 31.9 Å². The van der Waals surface area contributed by atoms with Gasteiger partial charge in [-0.3, -0.25) is 0 Å². The zero-order chi connectivity index (χ0) is 18.1. The van der Waals surface area contributed by atoms with E-state index < -0.39 is 11.6 Å². The van der Waals surface area contributed by atoms with Gasteiger partial charge in [-0.05, 0) is 43.5 Å². The first kappa shape index (κ1) is 16.4. The number of hydrogen-bond donors (Lipinski definition) is 1. The van der Waals surface area contributed by atoms with E-state index >= 15 is 0 Å². The molecule has 4 rings (SSSR count). The molecule has 1 aliphatic rings. The Hall–Kier alpha value is -3.02. The van der Waals surface area contributed by atoms with Crippen LogP contribution in [0, 0.1) is 18.6 Å². The molecular weight excluding hydrogens is 334 g/mol. The van der Waals surface area contributed by atoms with E-state index in [1.54, 1.807) is 0 Å². The summed E-state index contributed by atoms with van der Waals surface area (Å²) in [4.78, 5) is 11.1. The first-order valence-corrected chi connectivity index (χ1v) is 8.53. The molecule has 26 heavy (non-hydrogen) atoms. The van der Waals surface area contributed by atoms with Gasteiger partial charge in [-0.1, -0.05) is 18.2 Å². The summed E-state index contributed by atoms with van der Waals surface area (Å²) in [5.74, 6) is -0.650. The highest BCUT2D eigenvalue weighted by Gasteiger charge is 2.19. The molecule has 1 aliphatic heterocycles. The Balaban J connectivity index is 1.68. The largest absolute Gasteiger partial charge is 0.326 e. The van der Waals surface area contributed by atoms with E-state index in [9.17, 15) is 8.78 Å². The number of nitrogens with one attached hydrogen (secondary N) is 1. The van der Waals surface area contributed by atoms with Crippen LogP contribution in [0.25, 0.3) is 0 Å². The van der Waals surface area contributed by atoms with E-state index in [1.165, 1.54) is 11.6 Å². The smallest absolute Gasteiger partial charge is 0.229 e. The third-order valence-corrected chi connectivity index (χ3v) is 4.40. The van der Waals surface area contributed by atoms with Gasteiger partial charge < -0.3 is 10.2 Å². The number of aryl methyl sites for hydroxylation is 2. The predicted octanol–water partition coefficient (Wildman–Crippen LogP) is 4.89. The average Bonchev–Trinajstić information content (AvgIpc) is 2.64. The molecule has 0 bridgehead atoms. The van der Waals surface area contributed by atoms with Crippen LogP contribution in [-0.2, 0) is 6.42 Å². The first-order valence-electron chi connectivity index (χ1n) is 8.53. The summed E-state index contributed by atoms with van der Waals surface area (Å²) in [5, 5.41) is 2.96. The molecule has 0 amide bonds. The quantitative estimate of drug-likeness (QED) is 0.729. The number of para-hydroxylation sites is 1. The summed E-state index contributed by atoms with van der Waals surface area (Å²) in [6.45, 7) is 2.76. The molecule has 0 unspecified atom stereocenters. The molecule has 2 heterocycles. The minimum atomic E-state index is -0.909. The van der Waals surface area contributed by atoms with Gasteiger partial charge >= 0.3 is 0 Å². The van der Waals surface area contributed by atoms with Crippen molar-refractivity contribution in [2.45, 2.75) is 19.8 Å². The highest BCUT2D eigenvalue weighted by molar-refractivity contribution is 5.67. The molecule has 0 spiro atoms. The number of halogens is 2. The van der Waals surface area contributed by atoms with Gasteiger partial charge in [0.1, 0.15) is 5.82 Å². The minimum absolute atomic E-state index is 0.356. The fourth-order valence-electron chi connectivity index (χ4n) is 3.22. The van der Waals surface area contributed by atoms with Crippen molar-refractivity contribution in [3.05, 3.63) is 71.4 Å². The van der Waals surface area contributed by atoms with Crippen molar-refractivity contribution >= 4 is 23.1 Å². The van der Waals surface area contributed by atoms with Crippen LogP contribution < -0.4 is 10.2 Å². The molecule has 2 aromatic carbocycles. The van der Waals surface area contributed by atoms with Gasteiger partial charge in [-0.15, -0.1) is 0 Å². The fraction of sp³-hybridized carbons (Fsp3) is 0.200. The summed E-state index contributed by atoms with van der Waals surface area (Å²) in [6, 6.07) is 13.9. The molecule has 0 fully saturated rings. The molecule has 0 atom stereocenters. The average molecular weight is 352 g/mol. The van der Waals surface area contributed by atoms with Crippen LogP contribution in [0.5, 0.6) is 0 Å². The van der Waals surface area contributed by atoms with E-state index in [4.69, 9.17) is 0 Å². The summed E-state index contributed by atoms with van der Waals surface area (Å²) in [5.41, 5.74) is 3.64. The van der Waals surface area contributed by atoms with Gasteiger partial charge in [0.25, 0.3) is 0 Å². The molecule has 3 aromatic rings. The fourth-order valence-corrected chi connectivity index (χ4v) is 3.22. The number of fused-ring (bicyclic) bond motifs is 1. The van der Waals surface area contributed by atoms with Crippen molar-refractivity contribution in [3.8, 4) is 0 Å². The third-order valence-electron chi connectivity index (χ3n) is 4.40. The molecule has 0 saturated carbocycles. The third kappa shape index (κ3) is 3.22. The molecule has 1 aromatic heterocycles. The van der Waals surface area contributed by atoms with Crippen molar-refractivity contribution in [1.29, 1.82) is 0 Å². The molecule has 0 radical (unpaired) electrons. The molecule has 0 aliphatic carbocycles. The molecular formula is C20H18F2N4. The normalized spacial score (nSPS) is 13.4. The van der Waals surface area contributed by atoms with Crippen molar-refractivity contribution in [2.24, 2.45) is 0 Å². The molecule has 6 heteroatoms. The lowest BCUT2D eigenvalue weighted by Gasteiger charge is -2.30. The van der Waals surface area contributed by atoms with Gasteiger partial charge in [0.2, 0.25) is 5.95 Å². The van der Waals surface area contributed by atoms with E-state index in [0.717, 1.165) is 48.7 Å². The predicted molar refractivity (Wildman–Crippen MR) is 98.2 cm³/mol. The highest BCUT2D eigenvalue weighted by atomic mass is 19.2. The maximum Gasteiger partial charge on any atom is 0.229 e. The Morgan fingerprint density at radius 1 is 1.00 bits per heavy atom. The maximum absolute atomic E-state index is 13.4. The lowest BCUT2D eigenvalue weighted by atomic mass is 10.0. The van der Waals surface area contributed by atoms with Crippen LogP contribution in [0.1, 0.15) is 17.7 Å². The zero-order valence-corrected chi connectivity index (χ0v) is 14.3. The van der Waals surface area contributed by atoms with E-state index in [0.29, 0.717) is 11.6 Å². The highest BCUT2D eigenvalue weighted by Crippen LogP contribution is 2.33. The van der Waals surface area contributed by atoms with Gasteiger partial charge in [-0.2, -0.15) is 4.98 Å². The summed E-state index contributed by atoms with van der Waals surface area (Å²) >= 11 is 0. The van der Waals surface area contributed by atoms with Crippen LogP contribution in [-0.4, -0.2) is 16.5 Å². The van der Waals surface area contributed by atoms with Crippen molar-refractivity contribution in [1.82, 2.24) is 9.97 Å². The van der Waals surface area contributed by atoms with Gasteiger partial charge in [-0.25, -0.2) is 13.8 Å². The van der Waals surface area contributed by atoms with Crippen LogP contribution in [0.3, 0.4) is 0 Å². The number of nitrogens with zero attached hydrogens (tertiary/aromatic N) is 3. The number of benzene rings is 2. The summed E-state index contributed by atoms with van der Waals surface area (Å²) in [6.07, 6.45) is 2.10. The van der Waals surface area contributed by atoms with Crippen LogP contribution in [0.15, 0.2) is 48.5 Å². The molecule has 0 saturated heterocycles. The second-order valence-electron chi connectivity index (χ2n) is 6.33. The standard InChI is InChI=1S/C20H18F2N4/c1-13-11-19(26-10-4-6-14-5-2-3-7-18(14)26)25-20(23-13)24-15-8-9-16(21)17(22)12-15/h2-3,5,7-9,11-12H,4,6,10H2,1H3,(H,23,24,25). The van der Waals surface area contributed by atoms with E-state index in [1.807, 2.05) is 25.1 Å². The van der Waals surface area contributed by atoms with Gasteiger partial charge in [0.15, 0.2) is 11.6 Å². The minimum Gasteiger partial charge on any atom is -0.326 e. The Morgan fingerprint density at radius 2 is 1.85 bits per heavy atom. The second-order valence-corrected chi connectivity index (χ2v) is 6.33. The first-order chi connectivity index (χ1) is 12.6. The Labute approximate surface area is 150 Å².